The lowest BCUT2D eigenvalue weighted by atomic mass is 10.0. The van der Waals surface area contributed by atoms with Crippen molar-refractivity contribution in [1.82, 2.24) is 0 Å². The van der Waals surface area contributed by atoms with Gasteiger partial charge >= 0.3 is 17.9 Å². The highest BCUT2D eigenvalue weighted by atomic mass is 16.6. The molecule has 0 saturated heterocycles. The van der Waals surface area contributed by atoms with Gasteiger partial charge in [-0.25, -0.2) is 0 Å². The van der Waals surface area contributed by atoms with Crippen LogP contribution >= 0.6 is 0 Å². The quantitative estimate of drug-likeness (QED) is 0.0345. The maximum absolute atomic E-state index is 12.8. The van der Waals surface area contributed by atoms with Gasteiger partial charge in [-0.1, -0.05) is 253 Å². The maximum atomic E-state index is 12.8. The van der Waals surface area contributed by atoms with Crippen LogP contribution < -0.4 is 0 Å². The lowest BCUT2D eigenvalue weighted by Crippen LogP contribution is -2.30. The molecular formula is C53H102O6. The van der Waals surface area contributed by atoms with Gasteiger partial charge in [-0.2, -0.15) is 0 Å². The zero-order chi connectivity index (χ0) is 43.3. The van der Waals surface area contributed by atoms with Crippen molar-refractivity contribution >= 4 is 17.9 Å². The van der Waals surface area contributed by atoms with E-state index in [1.165, 1.54) is 180 Å². The number of hydrogen-bond acceptors (Lipinski definition) is 6. The number of carbonyl (C=O) groups excluding carboxylic acids is 3. The van der Waals surface area contributed by atoms with Crippen LogP contribution in [0.3, 0.4) is 0 Å². The highest BCUT2D eigenvalue weighted by Crippen LogP contribution is 2.17. The van der Waals surface area contributed by atoms with Gasteiger partial charge in [0.25, 0.3) is 0 Å². The standard InChI is InChI=1S/C53H102O6/c1-6-7-8-9-10-11-12-13-14-15-16-17-18-22-28-33-38-43-51(54)57-46-50(47-58-52(55)44-39-34-29-25-24-27-32-37-42-49(4)5)59-53(56)45-40-35-30-23-20-19-21-26-31-36-41-48(2)3/h48-50H,6-47H2,1-5H3/t50-/m1/s1. The van der Waals surface area contributed by atoms with Gasteiger partial charge in [-0.15, -0.1) is 0 Å². The Kier molecular flexibility index (Phi) is 44.7. The van der Waals surface area contributed by atoms with E-state index in [4.69, 9.17) is 14.2 Å². The first kappa shape index (κ1) is 57.4. The van der Waals surface area contributed by atoms with Crippen molar-refractivity contribution in [2.24, 2.45) is 11.8 Å². The second kappa shape index (κ2) is 45.9. The van der Waals surface area contributed by atoms with Gasteiger partial charge < -0.3 is 14.2 Å². The molecule has 0 N–H and O–H groups in total. The number of ether oxygens (including phenoxy) is 3. The molecule has 0 unspecified atom stereocenters. The Hall–Kier alpha value is -1.59. The van der Waals surface area contributed by atoms with Crippen molar-refractivity contribution in [2.75, 3.05) is 13.2 Å². The summed E-state index contributed by atoms with van der Waals surface area (Å²) in [5.41, 5.74) is 0. The molecule has 0 bridgehead atoms. The monoisotopic (exact) mass is 835 g/mol. The fraction of sp³-hybridized carbons (Fsp3) is 0.943. The molecule has 0 rings (SSSR count). The lowest BCUT2D eigenvalue weighted by molar-refractivity contribution is -0.167. The van der Waals surface area contributed by atoms with E-state index in [1.54, 1.807) is 0 Å². The Bertz CT molecular complexity index is 900. The largest absolute Gasteiger partial charge is 0.462 e. The molecule has 59 heavy (non-hydrogen) atoms. The SMILES string of the molecule is CCCCCCCCCCCCCCCCCCCC(=O)OC[C@H](COC(=O)CCCCCCCCCCC(C)C)OC(=O)CCCCCCCCCCCCC(C)C. The average molecular weight is 835 g/mol. The fourth-order valence-corrected chi connectivity index (χ4v) is 7.99. The number of hydrogen-bond donors (Lipinski definition) is 0. The van der Waals surface area contributed by atoms with E-state index in [0.717, 1.165) is 69.6 Å². The van der Waals surface area contributed by atoms with Gasteiger partial charge in [0.05, 0.1) is 0 Å². The molecule has 0 radical (unpaired) electrons. The third-order valence-electron chi connectivity index (χ3n) is 12.0. The van der Waals surface area contributed by atoms with Crippen LogP contribution in [0.4, 0.5) is 0 Å². The topological polar surface area (TPSA) is 78.9 Å². The molecule has 0 aliphatic carbocycles. The smallest absolute Gasteiger partial charge is 0.306 e. The van der Waals surface area contributed by atoms with Crippen molar-refractivity contribution in [3.63, 3.8) is 0 Å². The van der Waals surface area contributed by atoms with Gasteiger partial charge in [0.1, 0.15) is 13.2 Å². The van der Waals surface area contributed by atoms with Crippen molar-refractivity contribution in [3.8, 4) is 0 Å². The maximum Gasteiger partial charge on any atom is 0.306 e. The van der Waals surface area contributed by atoms with Crippen molar-refractivity contribution < 1.29 is 28.6 Å². The Morgan fingerprint density at radius 2 is 0.559 bits per heavy atom. The van der Waals surface area contributed by atoms with Gasteiger partial charge in [0.2, 0.25) is 0 Å². The third kappa shape index (κ3) is 47.3. The summed E-state index contributed by atoms with van der Waals surface area (Å²) in [6.45, 7) is 11.3. The zero-order valence-electron chi connectivity index (χ0n) is 40.4. The van der Waals surface area contributed by atoms with E-state index in [0.29, 0.717) is 19.3 Å². The molecule has 0 saturated carbocycles. The summed E-state index contributed by atoms with van der Waals surface area (Å²) < 4.78 is 16.8. The predicted octanol–water partition coefficient (Wildman–Crippen LogP) is 16.9. The van der Waals surface area contributed by atoms with Crippen LogP contribution in [0.2, 0.25) is 0 Å². The van der Waals surface area contributed by atoms with E-state index in [-0.39, 0.29) is 31.1 Å². The predicted molar refractivity (Wildman–Crippen MR) is 252 cm³/mol. The Morgan fingerprint density at radius 3 is 0.831 bits per heavy atom. The van der Waals surface area contributed by atoms with Crippen LogP contribution in [-0.2, 0) is 28.6 Å². The molecule has 0 aromatic carbocycles. The van der Waals surface area contributed by atoms with Crippen molar-refractivity contribution in [1.29, 1.82) is 0 Å². The van der Waals surface area contributed by atoms with E-state index < -0.39 is 6.10 Å². The molecule has 6 nitrogen and oxygen atoms in total. The molecule has 0 spiro atoms. The summed E-state index contributed by atoms with van der Waals surface area (Å²) in [6, 6.07) is 0. The van der Waals surface area contributed by atoms with Crippen LogP contribution in [0.1, 0.15) is 291 Å². The second-order valence-corrected chi connectivity index (χ2v) is 19.1. The fourth-order valence-electron chi connectivity index (χ4n) is 7.99. The van der Waals surface area contributed by atoms with E-state index >= 15 is 0 Å². The molecule has 0 fully saturated rings. The van der Waals surface area contributed by atoms with Gasteiger partial charge in [-0.05, 0) is 31.1 Å². The molecule has 0 aromatic rings. The van der Waals surface area contributed by atoms with Crippen LogP contribution in [0.25, 0.3) is 0 Å². The van der Waals surface area contributed by atoms with Crippen LogP contribution in [-0.4, -0.2) is 37.2 Å². The third-order valence-corrected chi connectivity index (χ3v) is 12.0. The zero-order valence-corrected chi connectivity index (χ0v) is 40.4. The molecule has 0 amide bonds. The first-order valence-electron chi connectivity index (χ1n) is 26.2. The van der Waals surface area contributed by atoms with Gasteiger partial charge in [-0.3, -0.25) is 14.4 Å². The summed E-state index contributed by atoms with van der Waals surface area (Å²) in [7, 11) is 0. The van der Waals surface area contributed by atoms with E-state index in [1.807, 2.05) is 0 Å². The summed E-state index contributed by atoms with van der Waals surface area (Å²) in [6.07, 6.45) is 46.7. The molecule has 0 aliphatic rings. The van der Waals surface area contributed by atoms with Gasteiger partial charge in [0, 0.05) is 19.3 Å². The minimum Gasteiger partial charge on any atom is -0.462 e. The number of esters is 3. The molecule has 350 valence electrons. The highest BCUT2D eigenvalue weighted by molar-refractivity contribution is 5.71. The lowest BCUT2D eigenvalue weighted by Gasteiger charge is -2.18. The van der Waals surface area contributed by atoms with E-state index in [9.17, 15) is 14.4 Å². The second-order valence-electron chi connectivity index (χ2n) is 19.1. The minimum atomic E-state index is -0.762. The molecule has 6 heteroatoms. The normalized spacial score (nSPS) is 12.1. The molecule has 1 atom stereocenters. The van der Waals surface area contributed by atoms with Gasteiger partial charge in [0.15, 0.2) is 6.10 Å². The van der Waals surface area contributed by atoms with Crippen LogP contribution in [0.5, 0.6) is 0 Å². The van der Waals surface area contributed by atoms with Crippen LogP contribution in [0.15, 0.2) is 0 Å². The van der Waals surface area contributed by atoms with Crippen molar-refractivity contribution in [3.05, 3.63) is 0 Å². The summed E-state index contributed by atoms with van der Waals surface area (Å²) in [4.78, 5) is 37.9. The Morgan fingerprint density at radius 1 is 0.322 bits per heavy atom. The summed E-state index contributed by atoms with van der Waals surface area (Å²) in [5.74, 6) is 0.763. The van der Waals surface area contributed by atoms with E-state index in [2.05, 4.69) is 34.6 Å². The summed E-state index contributed by atoms with van der Waals surface area (Å²) in [5, 5.41) is 0. The minimum absolute atomic E-state index is 0.0640. The Labute approximate surface area is 368 Å². The Balaban J connectivity index is 4.28. The average Bonchev–Trinajstić information content (AvgIpc) is 3.20. The first-order valence-corrected chi connectivity index (χ1v) is 26.2. The molecule has 0 aromatic heterocycles. The highest BCUT2D eigenvalue weighted by Gasteiger charge is 2.19. The molecule has 0 aliphatic heterocycles. The number of unbranched alkanes of at least 4 members (excludes halogenated alkanes) is 32. The molecular weight excluding hydrogens is 733 g/mol. The van der Waals surface area contributed by atoms with Crippen LogP contribution in [0, 0.1) is 11.8 Å². The number of carbonyl (C=O) groups is 3. The summed E-state index contributed by atoms with van der Waals surface area (Å²) >= 11 is 0. The molecule has 0 heterocycles. The van der Waals surface area contributed by atoms with Crippen molar-refractivity contribution in [2.45, 2.75) is 298 Å². The first-order chi connectivity index (χ1) is 28.7. The number of rotatable bonds is 47.